The summed E-state index contributed by atoms with van der Waals surface area (Å²) in [5.41, 5.74) is 0. The van der Waals surface area contributed by atoms with Gasteiger partial charge < -0.3 is 10.0 Å². The van der Waals surface area contributed by atoms with E-state index in [1.54, 1.807) is 18.3 Å². The molecule has 0 radical (unpaired) electrons. The molecule has 0 bridgehead atoms. The maximum atomic E-state index is 12.1. The second-order valence-corrected chi connectivity index (χ2v) is 9.86. The number of anilines is 1. The summed E-state index contributed by atoms with van der Waals surface area (Å²) in [7, 11) is -3.30. The molecule has 3 heterocycles. The predicted molar refractivity (Wildman–Crippen MR) is 96.4 cm³/mol. The van der Waals surface area contributed by atoms with E-state index in [1.165, 1.54) is 19.1 Å². The molecule has 1 aromatic heterocycles. The van der Waals surface area contributed by atoms with Gasteiger partial charge in [-0.3, -0.25) is 4.90 Å². The number of fused-ring (bicyclic) bond motifs is 1. The van der Waals surface area contributed by atoms with Crippen molar-refractivity contribution in [2.45, 2.75) is 42.7 Å². The number of nitrogens with zero attached hydrogens (tertiary/aromatic N) is 3. The Kier molecular flexibility index (Phi) is 4.50. The monoisotopic (exact) mass is 365 g/mol. The van der Waals surface area contributed by atoms with Crippen LogP contribution in [0, 0.1) is 11.8 Å². The van der Waals surface area contributed by atoms with E-state index in [9.17, 15) is 13.5 Å². The molecule has 0 spiro atoms. The first kappa shape index (κ1) is 17.2. The number of likely N-dealkylation sites (tertiary alicyclic amines) is 1. The maximum absolute atomic E-state index is 12.1. The maximum Gasteiger partial charge on any atom is 0.179 e. The quantitative estimate of drug-likeness (QED) is 0.866. The average Bonchev–Trinajstić information content (AvgIpc) is 3.22. The highest BCUT2D eigenvalue weighted by Gasteiger charge is 2.44. The minimum atomic E-state index is -3.30. The topological polar surface area (TPSA) is 73.7 Å². The van der Waals surface area contributed by atoms with Crippen molar-refractivity contribution < 1.29 is 13.5 Å². The highest BCUT2D eigenvalue weighted by molar-refractivity contribution is 7.90. The molecule has 4 atom stereocenters. The number of aromatic nitrogens is 1. The van der Waals surface area contributed by atoms with Crippen molar-refractivity contribution in [1.82, 2.24) is 9.88 Å². The summed E-state index contributed by atoms with van der Waals surface area (Å²) in [6, 6.07) is 3.58. The molecule has 0 amide bonds. The fraction of sp³-hybridized carbons (Fsp3) is 0.722. The molecule has 1 aromatic rings. The Hall–Kier alpha value is -1.18. The highest BCUT2D eigenvalue weighted by atomic mass is 32.2. The summed E-state index contributed by atoms with van der Waals surface area (Å²) in [5, 5.41) is 10.6. The average molecular weight is 365 g/mol. The van der Waals surface area contributed by atoms with Gasteiger partial charge in [0.25, 0.3) is 0 Å². The van der Waals surface area contributed by atoms with E-state index in [4.69, 9.17) is 0 Å². The van der Waals surface area contributed by atoms with Crippen LogP contribution in [0.5, 0.6) is 0 Å². The van der Waals surface area contributed by atoms with E-state index < -0.39 is 9.84 Å². The number of pyridine rings is 1. The van der Waals surface area contributed by atoms with E-state index in [0.717, 1.165) is 39.0 Å². The van der Waals surface area contributed by atoms with Crippen molar-refractivity contribution in [3.63, 3.8) is 0 Å². The summed E-state index contributed by atoms with van der Waals surface area (Å²) in [6.45, 7) is 3.82. The third-order valence-electron chi connectivity index (χ3n) is 6.17. The fourth-order valence-corrected chi connectivity index (χ4v) is 5.79. The Labute approximate surface area is 149 Å². The van der Waals surface area contributed by atoms with Crippen molar-refractivity contribution in [3.8, 4) is 0 Å². The van der Waals surface area contributed by atoms with Gasteiger partial charge in [0.05, 0.1) is 6.10 Å². The zero-order valence-electron chi connectivity index (χ0n) is 14.7. The molecule has 4 rings (SSSR count). The summed E-state index contributed by atoms with van der Waals surface area (Å²) < 4.78 is 24.2. The van der Waals surface area contributed by atoms with Gasteiger partial charge in [0, 0.05) is 31.6 Å². The molecule has 1 N–H and O–H groups in total. The molecule has 1 aliphatic carbocycles. The van der Waals surface area contributed by atoms with E-state index in [2.05, 4.69) is 14.8 Å². The van der Waals surface area contributed by atoms with Crippen molar-refractivity contribution in [1.29, 1.82) is 0 Å². The first-order valence-corrected chi connectivity index (χ1v) is 11.1. The SMILES string of the molecule is CS(=O)(=O)c1cccnc1N1C[C@H]2C[C@@H](N3CCCC3)[C@H](O)C[C@H]2C1. The molecule has 7 heteroatoms. The van der Waals surface area contributed by atoms with Crippen LogP contribution in [-0.2, 0) is 9.84 Å². The van der Waals surface area contributed by atoms with Crippen molar-refractivity contribution in [2.75, 3.05) is 37.3 Å². The number of hydrogen-bond acceptors (Lipinski definition) is 6. The Bertz CT molecular complexity index is 733. The molecule has 2 saturated heterocycles. The van der Waals surface area contributed by atoms with Crippen LogP contribution < -0.4 is 4.90 Å². The van der Waals surface area contributed by atoms with Gasteiger partial charge in [-0.15, -0.1) is 0 Å². The number of aliphatic hydroxyl groups is 1. The third kappa shape index (κ3) is 3.29. The molecule has 0 unspecified atom stereocenters. The summed E-state index contributed by atoms with van der Waals surface area (Å²) >= 11 is 0. The second-order valence-electron chi connectivity index (χ2n) is 7.87. The van der Waals surface area contributed by atoms with Crippen LogP contribution in [0.25, 0.3) is 0 Å². The Morgan fingerprint density at radius 1 is 1.16 bits per heavy atom. The Morgan fingerprint density at radius 2 is 1.84 bits per heavy atom. The van der Waals surface area contributed by atoms with Crippen LogP contribution in [0.15, 0.2) is 23.2 Å². The predicted octanol–water partition coefficient (Wildman–Crippen LogP) is 1.16. The van der Waals surface area contributed by atoms with Crippen LogP contribution >= 0.6 is 0 Å². The summed E-state index contributed by atoms with van der Waals surface area (Å²) in [6.07, 6.45) is 6.91. The molecule has 1 saturated carbocycles. The molecular weight excluding hydrogens is 338 g/mol. The van der Waals surface area contributed by atoms with Gasteiger partial charge in [-0.05, 0) is 62.7 Å². The van der Waals surface area contributed by atoms with E-state index in [1.807, 2.05) is 0 Å². The van der Waals surface area contributed by atoms with E-state index in [-0.39, 0.29) is 12.1 Å². The molecule has 3 aliphatic rings. The lowest BCUT2D eigenvalue weighted by Crippen LogP contribution is -2.48. The van der Waals surface area contributed by atoms with Crippen LogP contribution in [0.3, 0.4) is 0 Å². The van der Waals surface area contributed by atoms with E-state index in [0.29, 0.717) is 22.5 Å². The van der Waals surface area contributed by atoms with Crippen LogP contribution in [0.2, 0.25) is 0 Å². The lowest BCUT2D eigenvalue weighted by Gasteiger charge is -2.40. The zero-order valence-corrected chi connectivity index (χ0v) is 15.5. The molecule has 6 nitrogen and oxygen atoms in total. The molecule has 25 heavy (non-hydrogen) atoms. The zero-order chi connectivity index (χ0) is 17.6. The van der Waals surface area contributed by atoms with Crippen molar-refractivity contribution in [3.05, 3.63) is 18.3 Å². The smallest absolute Gasteiger partial charge is 0.179 e. The van der Waals surface area contributed by atoms with Gasteiger partial charge in [-0.2, -0.15) is 0 Å². The molecule has 0 aromatic carbocycles. The molecule has 138 valence electrons. The number of rotatable bonds is 3. The first-order chi connectivity index (χ1) is 11.9. The van der Waals surface area contributed by atoms with Gasteiger partial charge in [-0.25, -0.2) is 13.4 Å². The molecule has 2 aliphatic heterocycles. The Balaban J connectivity index is 1.54. The standard InChI is InChI=1S/C18H27N3O3S/c1-25(23,24)17-5-4-6-19-18(17)21-11-13-9-15(20-7-2-3-8-20)16(22)10-14(13)12-21/h4-6,13-16,22H,2-3,7-12H2,1H3/t13-,14+,15-,16-/m1/s1. The lowest BCUT2D eigenvalue weighted by atomic mass is 9.77. The molecular formula is C18H27N3O3S. The normalized spacial score (nSPS) is 33.6. The van der Waals surface area contributed by atoms with Crippen LogP contribution in [-0.4, -0.2) is 68.0 Å². The van der Waals surface area contributed by atoms with Gasteiger partial charge >= 0.3 is 0 Å². The van der Waals surface area contributed by atoms with Crippen molar-refractivity contribution >= 4 is 15.7 Å². The van der Waals surface area contributed by atoms with Crippen LogP contribution in [0.1, 0.15) is 25.7 Å². The number of aliphatic hydroxyl groups excluding tert-OH is 1. The van der Waals surface area contributed by atoms with Gasteiger partial charge in [0.2, 0.25) is 0 Å². The minimum Gasteiger partial charge on any atom is -0.391 e. The lowest BCUT2D eigenvalue weighted by molar-refractivity contribution is -0.000854. The van der Waals surface area contributed by atoms with Gasteiger partial charge in [-0.1, -0.05) is 0 Å². The first-order valence-electron chi connectivity index (χ1n) is 9.25. The number of sulfone groups is 1. The minimum absolute atomic E-state index is 0.266. The summed E-state index contributed by atoms with van der Waals surface area (Å²) in [4.78, 5) is 9.25. The summed E-state index contributed by atoms with van der Waals surface area (Å²) in [5.74, 6) is 1.50. The molecule has 3 fully saturated rings. The second kappa shape index (κ2) is 6.52. The highest BCUT2D eigenvalue weighted by Crippen LogP contribution is 2.41. The van der Waals surface area contributed by atoms with Crippen LogP contribution in [0.4, 0.5) is 5.82 Å². The number of hydrogen-bond donors (Lipinski definition) is 1. The van der Waals surface area contributed by atoms with E-state index >= 15 is 0 Å². The largest absolute Gasteiger partial charge is 0.391 e. The Morgan fingerprint density at radius 3 is 2.52 bits per heavy atom. The fourth-order valence-electron chi connectivity index (χ4n) is 4.96. The van der Waals surface area contributed by atoms with Crippen molar-refractivity contribution in [2.24, 2.45) is 11.8 Å². The van der Waals surface area contributed by atoms with Gasteiger partial charge in [0.1, 0.15) is 10.7 Å². The van der Waals surface area contributed by atoms with Gasteiger partial charge in [0.15, 0.2) is 9.84 Å². The third-order valence-corrected chi connectivity index (χ3v) is 7.29.